The molecular weight excluding hydrogens is 397 g/mol. The van der Waals surface area contributed by atoms with Crippen molar-refractivity contribution in [3.63, 3.8) is 0 Å². The lowest BCUT2D eigenvalue weighted by Gasteiger charge is -2.09. The number of methoxy groups -OCH3 is 1. The van der Waals surface area contributed by atoms with Gasteiger partial charge in [-0.25, -0.2) is 9.18 Å². The summed E-state index contributed by atoms with van der Waals surface area (Å²) < 4.78 is 23.8. The van der Waals surface area contributed by atoms with Gasteiger partial charge in [-0.15, -0.1) is 0 Å². The molecule has 0 saturated carbocycles. The zero-order valence-electron chi connectivity index (χ0n) is 13.0. The van der Waals surface area contributed by atoms with Gasteiger partial charge in [0.25, 0.3) is 11.8 Å². The fourth-order valence-corrected chi connectivity index (χ4v) is 2.26. The number of carbonyl (C=O) groups excluding carboxylic acids is 3. The van der Waals surface area contributed by atoms with E-state index in [0.29, 0.717) is 10.2 Å². The van der Waals surface area contributed by atoms with Gasteiger partial charge in [-0.1, -0.05) is 28.1 Å². The Bertz CT molecular complexity index is 824. The summed E-state index contributed by atoms with van der Waals surface area (Å²) in [5.41, 5.74) is -0.157. The average Bonchev–Trinajstić information content (AvgIpc) is 2.59. The van der Waals surface area contributed by atoms with E-state index < -0.39 is 30.2 Å². The smallest absolute Gasteiger partial charge is 0.341 e. The van der Waals surface area contributed by atoms with E-state index in [2.05, 4.69) is 21.2 Å². The quantitative estimate of drug-likeness (QED) is 0.767. The summed E-state index contributed by atoms with van der Waals surface area (Å²) >= 11 is 3.06. The molecule has 2 amide bonds. The van der Waals surface area contributed by atoms with Crippen molar-refractivity contribution in [1.29, 1.82) is 0 Å². The third kappa shape index (κ3) is 4.87. The van der Waals surface area contributed by atoms with E-state index in [0.717, 1.165) is 6.07 Å². The zero-order valence-corrected chi connectivity index (χ0v) is 14.6. The summed E-state index contributed by atoms with van der Waals surface area (Å²) in [7, 11) is 1.39. The first kappa shape index (κ1) is 18.6. The molecule has 1 N–H and O–H groups in total. The molecule has 0 radical (unpaired) electrons. The predicted octanol–water partition coefficient (Wildman–Crippen LogP) is 2.71. The Balaban J connectivity index is 1.94. The first-order valence-corrected chi connectivity index (χ1v) is 7.81. The summed E-state index contributed by atoms with van der Waals surface area (Å²) in [6.07, 6.45) is 0. The summed E-state index contributed by atoms with van der Waals surface area (Å²) in [6.45, 7) is -0.727. The van der Waals surface area contributed by atoms with Crippen molar-refractivity contribution in [1.82, 2.24) is 5.32 Å². The molecular formula is C17H13BrFNO5. The first-order valence-electron chi connectivity index (χ1n) is 7.01. The molecule has 0 aromatic heterocycles. The van der Waals surface area contributed by atoms with Gasteiger partial charge < -0.3 is 9.47 Å². The molecule has 0 bridgehead atoms. The van der Waals surface area contributed by atoms with Crippen LogP contribution in [-0.2, 0) is 9.53 Å². The number of esters is 1. The molecule has 0 aliphatic rings. The van der Waals surface area contributed by atoms with Gasteiger partial charge in [0.2, 0.25) is 0 Å². The number of imide groups is 1. The van der Waals surface area contributed by atoms with E-state index >= 15 is 0 Å². The minimum absolute atomic E-state index is 0.156. The molecule has 2 aromatic carbocycles. The van der Waals surface area contributed by atoms with Crippen molar-refractivity contribution in [2.75, 3.05) is 13.7 Å². The lowest BCUT2D eigenvalue weighted by molar-refractivity contribution is -0.123. The molecule has 130 valence electrons. The van der Waals surface area contributed by atoms with E-state index in [1.165, 1.54) is 25.3 Å². The minimum atomic E-state index is -1.01. The number of rotatable bonds is 5. The molecule has 0 aliphatic carbocycles. The lowest BCUT2D eigenvalue weighted by Crippen LogP contribution is -2.34. The Morgan fingerprint density at radius 1 is 1.12 bits per heavy atom. The van der Waals surface area contributed by atoms with Crippen molar-refractivity contribution in [3.05, 3.63) is 63.9 Å². The molecule has 2 aromatic rings. The standard InChI is InChI=1S/C17H13BrFNO5/c1-24-14-5-3-2-4-12(14)16(22)20-15(21)9-25-17(23)11-7-6-10(18)8-13(11)19/h2-8H,9H2,1H3,(H,20,21,22). The van der Waals surface area contributed by atoms with Crippen LogP contribution in [0, 0.1) is 5.82 Å². The molecule has 6 nitrogen and oxygen atoms in total. The molecule has 0 saturated heterocycles. The second-order valence-corrected chi connectivity index (χ2v) is 5.69. The van der Waals surface area contributed by atoms with Crippen LogP contribution in [0.1, 0.15) is 20.7 Å². The average molecular weight is 410 g/mol. The van der Waals surface area contributed by atoms with E-state index in [4.69, 9.17) is 9.47 Å². The molecule has 0 unspecified atom stereocenters. The van der Waals surface area contributed by atoms with Gasteiger partial charge in [0, 0.05) is 4.47 Å². The molecule has 0 heterocycles. The van der Waals surface area contributed by atoms with Gasteiger partial charge >= 0.3 is 5.97 Å². The number of amides is 2. The molecule has 0 aliphatic heterocycles. The Hall–Kier alpha value is -2.74. The molecule has 2 rings (SSSR count). The van der Waals surface area contributed by atoms with Crippen LogP contribution < -0.4 is 10.1 Å². The molecule has 8 heteroatoms. The summed E-state index contributed by atoms with van der Waals surface area (Å²) in [6, 6.07) is 10.1. The number of hydrogen-bond acceptors (Lipinski definition) is 5. The maximum absolute atomic E-state index is 13.6. The van der Waals surface area contributed by atoms with Gasteiger partial charge in [0.05, 0.1) is 18.2 Å². The van der Waals surface area contributed by atoms with Gasteiger partial charge in [-0.05, 0) is 30.3 Å². The maximum atomic E-state index is 13.6. The summed E-state index contributed by atoms with van der Waals surface area (Å²) in [5, 5.41) is 2.07. The number of para-hydroxylation sites is 1. The van der Waals surface area contributed by atoms with Crippen molar-refractivity contribution in [2.24, 2.45) is 0 Å². The molecule has 0 spiro atoms. The number of nitrogens with one attached hydrogen (secondary N) is 1. The molecule has 0 fully saturated rings. The first-order chi connectivity index (χ1) is 11.9. The van der Waals surface area contributed by atoms with Crippen LogP contribution in [-0.4, -0.2) is 31.5 Å². The SMILES string of the molecule is COc1ccccc1C(=O)NC(=O)COC(=O)c1ccc(Br)cc1F. The highest BCUT2D eigenvalue weighted by Crippen LogP contribution is 2.17. The largest absolute Gasteiger partial charge is 0.496 e. The number of halogens is 2. The van der Waals surface area contributed by atoms with Crippen molar-refractivity contribution in [2.45, 2.75) is 0 Å². The Kier molecular flexibility index (Phi) is 6.24. The van der Waals surface area contributed by atoms with Crippen molar-refractivity contribution < 1.29 is 28.2 Å². The van der Waals surface area contributed by atoms with Crippen LogP contribution in [0.4, 0.5) is 4.39 Å². The highest BCUT2D eigenvalue weighted by molar-refractivity contribution is 9.10. The minimum Gasteiger partial charge on any atom is -0.496 e. The van der Waals surface area contributed by atoms with Gasteiger partial charge in [-0.2, -0.15) is 0 Å². The highest BCUT2D eigenvalue weighted by atomic mass is 79.9. The highest BCUT2D eigenvalue weighted by Gasteiger charge is 2.18. The number of carbonyl (C=O) groups is 3. The van der Waals surface area contributed by atoms with Gasteiger partial charge in [0.1, 0.15) is 11.6 Å². The Morgan fingerprint density at radius 2 is 1.84 bits per heavy atom. The van der Waals surface area contributed by atoms with Crippen molar-refractivity contribution >= 4 is 33.7 Å². The predicted molar refractivity (Wildman–Crippen MR) is 89.8 cm³/mol. The Morgan fingerprint density at radius 3 is 2.52 bits per heavy atom. The molecule has 25 heavy (non-hydrogen) atoms. The van der Waals surface area contributed by atoms with E-state index in [-0.39, 0.29) is 11.1 Å². The number of ether oxygens (including phenoxy) is 2. The van der Waals surface area contributed by atoms with Crippen LogP contribution in [0.25, 0.3) is 0 Å². The zero-order chi connectivity index (χ0) is 18.4. The monoisotopic (exact) mass is 409 g/mol. The van der Waals surface area contributed by atoms with E-state index in [1.807, 2.05) is 0 Å². The normalized spacial score (nSPS) is 10.0. The van der Waals surface area contributed by atoms with Crippen LogP contribution in [0.15, 0.2) is 46.9 Å². The van der Waals surface area contributed by atoms with Gasteiger partial charge in [0.15, 0.2) is 6.61 Å². The fourth-order valence-electron chi connectivity index (χ4n) is 1.93. The Labute approximate surface area is 151 Å². The van der Waals surface area contributed by atoms with Crippen LogP contribution in [0.2, 0.25) is 0 Å². The van der Waals surface area contributed by atoms with Crippen molar-refractivity contribution in [3.8, 4) is 5.75 Å². The summed E-state index contributed by atoms with van der Waals surface area (Å²) in [4.78, 5) is 35.5. The topological polar surface area (TPSA) is 81.7 Å². The third-order valence-corrected chi connectivity index (χ3v) is 3.58. The van der Waals surface area contributed by atoms with Crippen LogP contribution in [0.3, 0.4) is 0 Å². The number of benzene rings is 2. The van der Waals surface area contributed by atoms with E-state index in [9.17, 15) is 18.8 Å². The molecule has 0 atom stereocenters. The maximum Gasteiger partial charge on any atom is 0.341 e. The second kappa shape index (κ2) is 8.39. The fraction of sp³-hybridized carbons (Fsp3) is 0.118. The van der Waals surface area contributed by atoms with E-state index in [1.54, 1.807) is 18.2 Å². The van der Waals surface area contributed by atoms with Crippen LogP contribution in [0.5, 0.6) is 5.75 Å². The second-order valence-electron chi connectivity index (χ2n) is 4.78. The number of hydrogen-bond donors (Lipinski definition) is 1. The lowest BCUT2D eigenvalue weighted by atomic mass is 10.2. The van der Waals surface area contributed by atoms with Gasteiger partial charge in [-0.3, -0.25) is 14.9 Å². The third-order valence-electron chi connectivity index (χ3n) is 3.09. The summed E-state index contributed by atoms with van der Waals surface area (Å²) in [5.74, 6) is -3.05. The van der Waals surface area contributed by atoms with Crippen LogP contribution >= 0.6 is 15.9 Å².